The number of hydrogen-bond donors (Lipinski definition) is 2. The summed E-state index contributed by atoms with van der Waals surface area (Å²) in [5.74, 6) is -0.268. The first-order valence-corrected chi connectivity index (χ1v) is 10.3. The number of carbonyl (C=O) groups excluding carboxylic acids is 1. The number of hydrogen-bond acceptors (Lipinski definition) is 3. The molecule has 0 radical (unpaired) electrons. The number of ether oxygens (including phenoxy) is 1. The molecule has 31 heavy (non-hydrogen) atoms. The second-order valence-corrected chi connectivity index (χ2v) is 7.79. The molecular weight excluding hydrogens is 431 g/mol. The van der Waals surface area contributed by atoms with E-state index in [0.717, 1.165) is 6.07 Å². The van der Waals surface area contributed by atoms with E-state index in [-0.39, 0.29) is 21.9 Å². The van der Waals surface area contributed by atoms with Crippen LogP contribution in [0.5, 0.6) is 5.75 Å². The van der Waals surface area contributed by atoms with Crippen molar-refractivity contribution in [2.45, 2.75) is 24.9 Å². The molecule has 0 spiro atoms. The number of aryl methyl sites for hydroxylation is 1. The monoisotopic (exact) mass is 451 g/mol. The second kappa shape index (κ2) is 8.56. The van der Waals surface area contributed by atoms with Gasteiger partial charge in [0.1, 0.15) is 16.7 Å². The molecule has 1 aromatic heterocycles. The van der Waals surface area contributed by atoms with Gasteiger partial charge in [-0.05, 0) is 44.2 Å². The average Bonchev–Trinajstić information content (AvgIpc) is 3.01. The van der Waals surface area contributed by atoms with Crippen LogP contribution in [0, 0.1) is 13.8 Å². The topological polar surface area (TPSA) is 86.3 Å². The highest BCUT2D eigenvalue weighted by atomic mass is 32.2. The van der Waals surface area contributed by atoms with Gasteiger partial charge in [0, 0.05) is 23.1 Å². The Morgan fingerprint density at radius 3 is 2.42 bits per heavy atom. The predicted molar refractivity (Wildman–Crippen MR) is 112 cm³/mol. The highest BCUT2D eigenvalue weighted by Crippen LogP contribution is 2.35. The van der Waals surface area contributed by atoms with Gasteiger partial charge in [-0.3, -0.25) is 4.79 Å². The van der Waals surface area contributed by atoms with Crippen molar-refractivity contribution in [1.29, 1.82) is 0 Å². The van der Waals surface area contributed by atoms with Gasteiger partial charge in [-0.15, -0.1) is 0 Å². The van der Waals surface area contributed by atoms with Crippen LogP contribution in [0.3, 0.4) is 0 Å². The number of nitrogens with two attached hydrogens (primary N) is 1. The van der Waals surface area contributed by atoms with Crippen LogP contribution in [-0.2, 0) is 17.2 Å². The number of para-hydroxylation sites is 1. The molecule has 0 aliphatic heterocycles. The Labute approximate surface area is 179 Å². The van der Waals surface area contributed by atoms with Crippen LogP contribution < -0.4 is 15.2 Å². The molecule has 1 heterocycles. The minimum absolute atomic E-state index is 0.0551. The Bertz CT molecular complexity index is 1170. The molecular formula is C21H20F3N3O3S. The van der Waals surface area contributed by atoms with Crippen molar-refractivity contribution in [3.8, 4) is 11.4 Å². The number of anilines is 1. The molecule has 0 saturated heterocycles. The summed E-state index contributed by atoms with van der Waals surface area (Å²) in [6.45, 7) is 3.21. The summed E-state index contributed by atoms with van der Waals surface area (Å²) in [5, 5.41) is 8.07. The Morgan fingerprint density at radius 2 is 1.81 bits per heavy atom. The molecule has 1 unspecified atom stereocenters. The maximum absolute atomic E-state index is 13.5. The van der Waals surface area contributed by atoms with Gasteiger partial charge >= 0.3 is 6.18 Å². The number of benzene rings is 2. The molecule has 3 rings (SSSR count). The van der Waals surface area contributed by atoms with Gasteiger partial charge in [0.2, 0.25) is 0 Å². The quantitative estimate of drug-likeness (QED) is 0.605. The number of methoxy groups -OCH3 is 1. The molecule has 0 bridgehead atoms. The van der Waals surface area contributed by atoms with E-state index in [1.165, 1.54) is 54.1 Å². The van der Waals surface area contributed by atoms with E-state index < -0.39 is 28.6 Å². The van der Waals surface area contributed by atoms with Crippen molar-refractivity contribution in [1.82, 2.24) is 4.57 Å². The summed E-state index contributed by atoms with van der Waals surface area (Å²) in [6.07, 6.45) is -4.54. The lowest BCUT2D eigenvalue weighted by Crippen LogP contribution is -2.15. The summed E-state index contributed by atoms with van der Waals surface area (Å²) in [6, 6.07) is 11.2. The number of alkyl halides is 3. The zero-order valence-corrected chi connectivity index (χ0v) is 17.7. The average molecular weight is 451 g/mol. The summed E-state index contributed by atoms with van der Waals surface area (Å²) in [5.41, 5.74) is 0.569. The maximum Gasteiger partial charge on any atom is 0.418 e. The molecule has 0 aliphatic rings. The summed E-state index contributed by atoms with van der Waals surface area (Å²) in [4.78, 5) is 13.1. The van der Waals surface area contributed by atoms with Crippen molar-refractivity contribution < 1.29 is 26.9 Å². The van der Waals surface area contributed by atoms with Gasteiger partial charge in [0.05, 0.1) is 28.8 Å². The predicted octanol–water partition coefficient (Wildman–Crippen LogP) is 4.36. The number of halogens is 3. The third kappa shape index (κ3) is 4.49. The van der Waals surface area contributed by atoms with E-state index in [0.29, 0.717) is 17.1 Å². The highest BCUT2D eigenvalue weighted by Gasteiger charge is 2.34. The van der Waals surface area contributed by atoms with E-state index in [4.69, 9.17) is 9.88 Å². The van der Waals surface area contributed by atoms with Crippen molar-refractivity contribution >= 4 is 22.6 Å². The van der Waals surface area contributed by atoms with E-state index in [9.17, 15) is 22.2 Å². The van der Waals surface area contributed by atoms with E-state index in [1.807, 2.05) is 0 Å². The third-order valence-electron chi connectivity index (χ3n) is 4.76. The second-order valence-electron chi connectivity index (χ2n) is 6.75. The van der Waals surface area contributed by atoms with Gasteiger partial charge in [-0.25, -0.2) is 9.35 Å². The number of rotatable bonds is 5. The van der Waals surface area contributed by atoms with Crippen LogP contribution in [0.4, 0.5) is 18.9 Å². The summed E-state index contributed by atoms with van der Waals surface area (Å²) < 4.78 is 58.5. The molecule has 6 nitrogen and oxygen atoms in total. The van der Waals surface area contributed by atoms with Gasteiger partial charge in [0.25, 0.3) is 5.91 Å². The number of aromatic nitrogens is 1. The highest BCUT2D eigenvalue weighted by molar-refractivity contribution is 7.82. The Hall–Kier alpha value is -3.11. The van der Waals surface area contributed by atoms with Gasteiger partial charge in [-0.1, -0.05) is 12.1 Å². The molecule has 0 aliphatic carbocycles. The van der Waals surface area contributed by atoms with Crippen LogP contribution >= 0.6 is 0 Å². The molecule has 1 amide bonds. The first-order valence-electron chi connectivity index (χ1n) is 9.05. The fraction of sp³-hybridized carbons (Fsp3) is 0.190. The third-order valence-corrected chi connectivity index (χ3v) is 5.54. The molecule has 0 saturated carbocycles. The zero-order valence-electron chi connectivity index (χ0n) is 16.9. The smallest absolute Gasteiger partial charge is 0.418 e. The molecule has 164 valence electrons. The Kier molecular flexibility index (Phi) is 6.23. The minimum atomic E-state index is -4.54. The van der Waals surface area contributed by atoms with Crippen molar-refractivity contribution in [3.05, 3.63) is 71.0 Å². The standard InChI is InChI=1S/C21H20F3N3O3S/c1-12-10-15(13(2)27(12)17-7-5-4-6-16(17)21(22,23)24)20(28)26-14-8-9-19(31(25)29)18(11-14)30-3/h4-11H,25H2,1-3H3,(H,26,28). The normalized spacial score (nSPS) is 12.5. The molecule has 2 aromatic carbocycles. The Morgan fingerprint density at radius 1 is 1.13 bits per heavy atom. The van der Waals surface area contributed by atoms with Crippen LogP contribution in [0.2, 0.25) is 0 Å². The fourth-order valence-electron chi connectivity index (χ4n) is 3.38. The lowest BCUT2D eigenvalue weighted by Gasteiger charge is -2.17. The number of carbonyl (C=O) groups is 1. The van der Waals surface area contributed by atoms with E-state index in [1.54, 1.807) is 13.8 Å². The fourth-order valence-corrected chi connectivity index (χ4v) is 3.92. The van der Waals surface area contributed by atoms with E-state index in [2.05, 4.69) is 5.32 Å². The summed E-state index contributed by atoms with van der Waals surface area (Å²) >= 11 is 0. The number of nitrogens with one attached hydrogen (secondary N) is 1. The molecule has 1 atom stereocenters. The number of amides is 1. The van der Waals surface area contributed by atoms with Crippen LogP contribution in [-0.4, -0.2) is 21.8 Å². The van der Waals surface area contributed by atoms with Crippen LogP contribution in [0.15, 0.2) is 53.4 Å². The molecule has 0 fully saturated rings. The van der Waals surface area contributed by atoms with Crippen molar-refractivity contribution in [2.75, 3.05) is 12.4 Å². The lowest BCUT2D eigenvalue weighted by atomic mass is 10.1. The molecule has 3 N–H and O–H groups in total. The van der Waals surface area contributed by atoms with Crippen LogP contribution in [0.25, 0.3) is 5.69 Å². The first-order chi connectivity index (χ1) is 14.5. The molecule has 3 aromatic rings. The SMILES string of the molecule is COc1cc(NC(=O)c2cc(C)n(-c3ccccc3C(F)(F)F)c2C)ccc1S(N)=O. The van der Waals surface area contributed by atoms with Gasteiger partial charge < -0.3 is 14.6 Å². The lowest BCUT2D eigenvalue weighted by molar-refractivity contribution is -0.137. The summed E-state index contributed by atoms with van der Waals surface area (Å²) in [7, 11) is -0.387. The zero-order chi connectivity index (χ0) is 22.9. The van der Waals surface area contributed by atoms with Crippen molar-refractivity contribution in [2.24, 2.45) is 5.14 Å². The largest absolute Gasteiger partial charge is 0.495 e. The van der Waals surface area contributed by atoms with Gasteiger partial charge in [0.15, 0.2) is 0 Å². The molecule has 10 heteroatoms. The van der Waals surface area contributed by atoms with E-state index >= 15 is 0 Å². The van der Waals surface area contributed by atoms with Crippen molar-refractivity contribution in [3.63, 3.8) is 0 Å². The minimum Gasteiger partial charge on any atom is -0.495 e. The first kappa shape index (κ1) is 22.6. The number of nitrogens with zero attached hydrogens (tertiary/aromatic N) is 1. The maximum atomic E-state index is 13.5. The van der Waals surface area contributed by atoms with Crippen LogP contribution in [0.1, 0.15) is 27.3 Å². The Balaban J connectivity index is 1.98. The van der Waals surface area contributed by atoms with Gasteiger partial charge in [-0.2, -0.15) is 13.2 Å².